The van der Waals surface area contributed by atoms with Crippen molar-refractivity contribution >= 4 is 11.8 Å². The Morgan fingerprint density at radius 2 is 1.78 bits per heavy atom. The van der Waals surface area contributed by atoms with Crippen molar-refractivity contribution < 1.29 is 9.59 Å². The standard InChI is InChI=1S/C22H27N3O2/c1-16(25-11-2-3-12-25)15-24-22(27)20-6-4-5-19(14-20)18-9-7-17(8-10-18)13-21(23)26/h4-10,14,16H,2-3,11-13,15H2,1H3,(H2,23,26)(H,24,27). The number of likely N-dealkylation sites (tertiary alicyclic amines) is 1. The quantitative estimate of drug-likeness (QED) is 0.792. The van der Waals surface area contributed by atoms with Crippen LogP contribution in [0, 0.1) is 0 Å². The molecule has 1 unspecified atom stereocenters. The molecule has 1 heterocycles. The molecule has 2 aromatic carbocycles. The minimum Gasteiger partial charge on any atom is -0.369 e. The van der Waals surface area contributed by atoms with E-state index in [1.807, 2.05) is 48.5 Å². The lowest BCUT2D eigenvalue weighted by molar-refractivity contribution is -0.117. The molecule has 0 aliphatic carbocycles. The first-order valence-electron chi connectivity index (χ1n) is 9.53. The zero-order valence-electron chi connectivity index (χ0n) is 15.8. The van der Waals surface area contributed by atoms with E-state index in [0.29, 0.717) is 18.2 Å². The van der Waals surface area contributed by atoms with Crippen LogP contribution in [-0.4, -0.2) is 42.4 Å². The smallest absolute Gasteiger partial charge is 0.251 e. The van der Waals surface area contributed by atoms with E-state index >= 15 is 0 Å². The van der Waals surface area contributed by atoms with Crippen molar-refractivity contribution in [3.05, 3.63) is 59.7 Å². The van der Waals surface area contributed by atoms with Crippen molar-refractivity contribution in [3.63, 3.8) is 0 Å². The highest BCUT2D eigenvalue weighted by Crippen LogP contribution is 2.21. The monoisotopic (exact) mass is 365 g/mol. The molecule has 2 amide bonds. The summed E-state index contributed by atoms with van der Waals surface area (Å²) >= 11 is 0. The normalized spacial score (nSPS) is 15.4. The summed E-state index contributed by atoms with van der Waals surface area (Å²) in [5.74, 6) is -0.391. The predicted octanol–water partition coefficient (Wildman–Crippen LogP) is 2.60. The molecular formula is C22H27N3O2. The van der Waals surface area contributed by atoms with Crippen LogP contribution >= 0.6 is 0 Å². The number of nitrogens with zero attached hydrogens (tertiary/aromatic N) is 1. The topological polar surface area (TPSA) is 75.4 Å². The molecule has 27 heavy (non-hydrogen) atoms. The maximum atomic E-state index is 12.5. The average molecular weight is 365 g/mol. The van der Waals surface area contributed by atoms with Crippen molar-refractivity contribution in [2.75, 3.05) is 19.6 Å². The highest BCUT2D eigenvalue weighted by Gasteiger charge is 2.18. The van der Waals surface area contributed by atoms with Crippen LogP contribution in [-0.2, 0) is 11.2 Å². The van der Waals surface area contributed by atoms with E-state index in [9.17, 15) is 9.59 Å². The molecule has 2 aromatic rings. The Bertz CT molecular complexity index is 795. The van der Waals surface area contributed by atoms with Gasteiger partial charge in [-0.2, -0.15) is 0 Å². The Kier molecular flexibility index (Phi) is 6.24. The largest absolute Gasteiger partial charge is 0.369 e. The van der Waals surface area contributed by atoms with E-state index in [2.05, 4.69) is 17.1 Å². The van der Waals surface area contributed by atoms with Crippen LogP contribution in [0.5, 0.6) is 0 Å². The van der Waals surface area contributed by atoms with Gasteiger partial charge in [-0.05, 0) is 61.7 Å². The fraction of sp³-hybridized carbons (Fsp3) is 0.364. The number of amides is 2. The highest BCUT2D eigenvalue weighted by atomic mass is 16.2. The van der Waals surface area contributed by atoms with Gasteiger partial charge in [-0.3, -0.25) is 14.5 Å². The molecule has 0 bridgehead atoms. The second kappa shape index (κ2) is 8.82. The van der Waals surface area contributed by atoms with Crippen molar-refractivity contribution in [3.8, 4) is 11.1 Å². The molecule has 1 aliphatic heterocycles. The minimum absolute atomic E-state index is 0.0479. The molecule has 5 nitrogen and oxygen atoms in total. The Balaban J connectivity index is 1.63. The summed E-state index contributed by atoms with van der Waals surface area (Å²) in [6, 6.07) is 15.7. The third-order valence-corrected chi connectivity index (χ3v) is 5.11. The molecule has 1 aliphatic rings. The van der Waals surface area contributed by atoms with Crippen LogP contribution in [0.2, 0.25) is 0 Å². The fourth-order valence-electron chi connectivity index (χ4n) is 3.51. The summed E-state index contributed by atoms with van der Waals surface area (Å²) in [7, 11) is 0. The van der Waals surface area contributed by atoms with E-state index < -0.39 is 0 Å². The van der Waals surface area contributed by atoms with Crippen molar-refractivity contribution in [2.24, 2.45) is 5.73 Å². The lowest BCUT2D eigenvalue weighted by Gasteiger charge is -2.23. The van der Waals surface area contributed by atoms with Crippen LogP contribution in [0.1, 0.15) is 35.7 Å². The van der Waals surface area contributed by atoms with Crippen LogP contribution in [0.15, 0.2) is 48.5 Å². The number of hydrogen-bond acceptors (Lipinski definition) is 3. The van der Waals surface area contributed by atoms with Crippen LogP contribution in [0.4, 0.5) is 0 Å². The van der Waals surface area contributed by atoms with Gasteiger partial charge in [-0.15, -0.1) is 0 Å². The summed E-state index contributed by atoms with van der Waals surface area (Å²) in [6.45, 7) is 5.07. The summed E-state index contributed by atoms with van der Waals surface area (Å²) in [5.41, 5.74) is 8.75. The Morgan fingerprint density at radius 3 is 2.44 bits per heavy atom. The maximum Gasteiger partial charge on any atom is 0.251 e. The number of hydrogen-bond donors (Lipinski definition) is 2. The van der Waals surface area contributed by atoms with E-state index in [-0.39, 0.29) is 18.2 Å². The molecule has 0 aromatic heterocycles. The van der Waals surface area contributed by atoms with Gasteiger partial charge in [0.1, 0.15) is 0 Å². The second-order valence-corrected chi connectivity index (χ2v) is 7.22. The SMILES string of the molecule is CC(CNC(=O)c1cccc(-c2ccc(CC(N)=O)cc2)c1)N1CCCC1. The maximum absolute atomic E-state index is 12.5. The second-order valence-electron chi connectivity index (χ2n) is 7.22. The van der Waals surface area contributed by atoms with Gasteiger partial charge in [0.25, 0.3) is 5.91 Å². The fourth-order valence-corrected chi connectivity index (χ4v) is 3.51. The van der Waals surface area contributed by atoms with E-state index in [1.165, 1.54) is 12.8 Å². The van der Waals surface area contributed by atoms with Gasteiger partial charge in [-0.25, -0.2) is 0 Å². The number of benzene rings is 2. The molecule has 0 saturated carbocycles. The van der Waals surface area contributed by atoms with E-state index in [0.717, 1.165) is 29.8 Å². The molecule has 142 valence electrons. The van der Waals surface area contributed by atoms with Crippen LogP contribution in [0.25, 0.3) is 11.1 Å². The van der Waals surface area contributed by atoms with Gasteiger partial charge in [-0.1, -0.05) is 36.4 Å². The minimum atomic E-state index is -0.343. The number of nitrogens with two attached hydrogens (primary N) is 1. The average Bonchev–Trinajstić information content (AvgIpc) is 3.21. The summed E-state index contributed by atoms with van der Waals surface area (Å²) in [5, 5.41) is 3.05. The summed E-state index contributed by atoms with van der Waals surface area (Å²) in [4.78, 5) is 26.0. The predicted molar refractivity (Wildman–Crippen MR) is 107 cm³/mol. The van der Waals surface area contributed by atoms with E-state index in [4.69, 9.17) is 5.73 Å². The number of carbonyl (C=O) groups is 2. The first-order chi connectivity index (χ1) is 13.0. The van der Waals surface area contributed by atoms with Gasteiger partial charge >= 0.3 is 0 Å². The third-order valence-electron chi connectivity index (χ3n) is 5.11. The first-order valence-corrected chi connectivity index (χ1v) is 9.53. The number of rotatable bonds is 7. The Hall–Kier alpha value is -2.66. The highest BCUT2D eigenvalue weighted by molar-refractivity contribution is 5.95. The molecule has 3 rings (SSSR count). The molecule has 0 radical (unpaired) electrons. The van der Waals surface area contributed by atoms with Gasteiger partial charge in [0.2, 0.25) is 5.91 Å². The molecular weight excluding hydrogens is 338 g/mol. The van der Waals surface area contributed by atoms with Crippen molar-refractivity contribution in [1.29, 1.82) is 0 Å². The lowest BCUT2D eigenvalue weighted by atomic mass is 10.0. The molecule has 3 N–H and O–H groups in total. The molecule has 1 saturated heterocycles. The Labute approximate surface area is 160 Å². The Morgan fingerprint density at radius 1 is 1.07 bits per heavy atom. The van der Waals surface area contributed by atoms with Crippen molar-refractivity contribution in [1.82, 2.24) is 10.2 Å². The van der Waals surface area contributed by atoms with Gasteiger partial charge in [0.05, 0.1) is 6.42 Å². The van der Waals surface area contributed by atoms with Gasteiger partial charge < -0.3 is 11.1 Å². The first kappa shape index (κ1) is 19.1. The number of primary amides is 1. The summed E-state index contributed by atoms with van der Waals surface area (Å²) in [6.07, 6.45) is 2.73. The van der Waals surface area contributed by atoms with Gasteiger partial charge in [0, 0.05) is 18.2 Å². The van der Waals surface area contributed by atoms with Crippen molar-refractivity contribution in [2.45, 2.75) is 32.2 Å². The number of carbonyl (C=O) groups excluding carboxylic acids is 2. The molecule has 1 atom stereocenters. The number of nitrogens with one attached hydrogen (secondary N) is 1. The zero-order chi connectivity index (χ0) is 19.2. The van der Waals surface area contributed by atoms with Crippen LogP contribution < -0.4 is 11.1 Å². The third kappa shape index (κ3) is 5.17. The molecule has 0 spiro atoms. The zero-order valence-corrected chi connectivity index (χ0v) is 15.8. The lowest BCUT2D eigenvalue weighted by Crippen LogP contribution is -2.40. The van der Waals surface area contributed by atoms with Gasteiger partial charge in [0.15, 0.2) is 0 Å². The van der Waals surface area contributed by atoms with Crippen LogP contribution in [0.3, 0.4) is 0 Å². The van der Waals surface area contributed by atoms with E-state index in [1.54, 1.807) is 0 Å². The summed E-state index contributed by atoms with van der Waals surface area (Å²) < 4.78 is 0. The molecule has 1 fully saturated rings. The molecule has 5 heteroatoms.